The number of carbonyl (C=O) groups excluding carboxylic acids is 1. The summed E-state index contributed by atoms with van der Waals surface area (Å²) in [5.74, 6) is -0.0742. The lowest BCUT2D eigenvalue weighted by molar-refractivity contribution is -0.143. The molecule has 1 aromatic carbocycles. The maximum absolute atomic E-state index is 11.2. The van der Waals surface area contributed by atoms with Crippen molar-refractivity contribution in [3.8, 4) is 0 Å². The van der Waals surface area contributed by atoms with Gasteiger partial charge in [-0.3, -0.25) is 4.79 Å². The molecule has 118 valence electrons. The van der Waals surface area contributed by atoms with Crippen molar-refractivity contribution in [3.63, 3.8) is 0 Å². The van der Waals surface area contributed by atoms with E-state index in [1.807, 2.05) is 6.92 Å². The van der Waals surface area contributed by atoms with Crippen LogP contribution in [0.15, 0.2) is 24.3 Å². The van der Waals surface area contributed by atoms with Crippen molar-refractivity contribution in [2.75, 3.05) is 13.2 Å². The second-order valence-electron chi connectivity index (χ2n) is 5.39. The fourth-order valence-electron chi connectivity index (χ4n) is 2.28. The first-order chi connectivity index (χ1) is 10.2. The lowest BCUT2D eigenvalue weighted by Gasteiger charge is -2.14. The molecule has 0 saturated heterocycles. The van der Waals surface area contributed by atoms with Crippen molar-refractivity contribution >= 4 is 5.97 Å². The van der Waals surface area contributed by atoms with Gasteiger partial charge in [-0.25, -0.2) is 0 Å². The molecule has 0 saturated carbocycles. The van der Waals surface area contributed by atoms with Crippen molar-refractivity contribution < 1.29 is 9.53 Å². The van der Waals surface area contributed by atoms with Crippen LogP contribution in [-0.4, -0.2) is 19.1 Å². The van der Waals surface area contributed by atoms with E-state index < -0.39 is 0 Å². The predicted octanol–water partition coefficient (Wildman–Crippen LogP) is 4.02. The molecule has 1 atom stereocenters. The van der Waals surface area contributed by atoms with Gasteiger partial charge >= 0.3 is 5.97 Å². The fourth-order valence-corrected chi connectivity index (χ4v) is 2.28. The monoisotopic (exact) mass is 291 g/mol. The van der Waals surface area contributed by atoms with Crippen molar-refractivity contribution in [3.05, 3.63) is 35.4 Å². The summed E-state index contributed by atoms with van der Waals surface area (Å²) in [6, 6.07) is 9.19. The number of carbonyl (C=O) groups is 1. The Morgan fingerprint density at radius 2 is 1.86 bits per heavy atom. The summed E-state index contributed by atoms with van der Waals surface area (Å²) in [4.78, 5) is 11.2. The van der Waals surface area contributed by atoms with E-state index in [9.17, 15) is 4.79 Å². The van der Waals surface area contributed by atoms with E-state index in [0.29, 0.717) is 19.1 Å². The molecule has 1 N–H and O–H groups in total. The molecule has 1 unspecified atom stereocenters. The summed E-state index contributed by atoms with van der Waals surface area (Å²) in [6.45, 7) is 7.68. The van der Waals surface area contributed by atoms with E-state index in [1.165, 1.54) is 11.1 Å². The van der Waals surface area contributed by atoms with Gasteiger partial charge in [0.05, 0.1) is 6.61 Å². The quantitative estimate of drug-likeness (QED) is 0.522. The zero-order chi connectivity index (χ0) is 15.5. The Morgan fingerprint density at radius 3 is 2.48 bits per heavy atom. The maximum atomic E-state index is 11.2. The topological polar surface area (TPSA) is 38.3 Å². The van der Waals surface area contributed by atoms with Crippen LogP contribution in [0.25, 0.3) is 0 Å². The molecule has 3 nitrogen and oxygen atoms in total. The number of aryl methyl sites for hydroxylation is 1. The Hall–Kier alpha value is -1.35. The van der Waals surface area contributed by atoms with Crippen molar-refractivity contribution in [2.45, 2.75) is 58.9 Å². The summed E-state index contributed by atoms with van der Waals surface area (Å²) >= 11 is 0. The lowest BCUT2D eigenvalue weighted by atomic mass is 10.0. The Labute approximate surface area is 129 Å². The molecule has 1 rings (SSSR count). The second-order valence-corrected chi connectivity index (χ2v) is 5.39. The molecule has 21 heavy (non-hydrogen) atoms. The third-order valence-electron chi connectivity index (χ3n) is 3.70. The van der Waals surface area contributed by atoms with E-state index in [4.69, 9.17) is 4.74 Å². The number of unbranched alkanes of at least 4 members (excludes halogenated alkanes) is 2. The molecule has 0 spiro atoms. The zero-order valence-electron chi connectivity index (χ0n) is 13.7. The molecule has 0 aliphatic heterocycles. The number of ether oxygens (including phenoxy) is 1. The molecule has 3 heteroatoms. The Bertz CT molecular complexity index is 400. The van der Waals surface area contributed by atoms with Crippen LogP contribution in [0.1, 0.15) is 63.6 Å². The molecule has 0 fully saturated rings. The highest BCUT2D eigenvalue weighted by molar-refractivity contribution is 5.69. The minimum atomic E-state index is -0.0742. The summed E-state index contributed by atoms with van der Waals surface area (Å²) in [6.07, 6.45) is 4.70. The first-order valence-corrected chi connectivity index (χ1v) is 8.15. The molecule has 0 aliphatic carbocycles. The predicted molar refractivity (Wildman–Crippen MR) is 87.3 cm³/mol. The van der Waals surface area contributed by atoms with Gasteiger partial charge in [-0.05, 0) is 50.8 Å². The van der Waals surface area contributed by atoms with Crippen LogP contribution in [0.3, 0.4) is 0 Å². The normalized spacial score (nSPS) is 12.1. The smallest absolute Gasteiger partial charge is 0.305 e. The summed E-state index contributed by atoms with van der Waals surface area (Å²) < 4.78 is 4.91. The third kappa shape index (κ3) is 7.28. The summed E-state index contributed by atoms with van der Waals surface area (Å²) in [5, 5.41) is 3.53. The molecule has 0 heterocycles. The highest BCUT2D eigenvalue weighted by atomic mass is 16.5. The molecular formula is C18H29NO2. The molecule has 0 aliphatic rings. The maximum Gasteiger partial charge on any atom is 0.305 e. The standard InChI is InChI=1S/C18H29NO2/c1-4-16-10-12-17(13-11-16)15(3)19-14-8-6-7-9-18(20)21-5-2/h10-13,15,19H,4-9,14H2,1-3H3. The molecular weight excluding hydrogens is 262 g/mol. The van der Waals surface area contributed by atoms with E-state index in [1.54, 1.807) is 0 Å². The van der Waals surface area contributed by atoms with Crippen molar-refractivity contribution in [2.24, 2.45) is 0 Å². The van der Waals surface area contributed by atoms with Crippen LogP contribution >= 0.6 is 0 Å². The average molecular weight is 291 g/mol. The number of hydrogen-bond donors (Lipinski definition) is 1. The minimum Gasteiger partial charge on any atom is -0.466 e. The molecule has 0 amide bonds. The van der Waals surface area contributed by atoms with E-state index >= 15 is 0 Å². The van der Waals surface area contributed by atoms with Crippen LogP contribution in [-0.2, 0) is 16.0 Å². The first-order valence-electron chi connectivity index (χ1n) is 8.15. The van der Waals surface area contributed by atoms with Gasteiger partial charge in [0.25, 0.3) is 0 Å². The van der Waals surface area contributed by atoms with Gasteiger partial charge in [0.15, 0.2) is 0 Å². The minimum absolute atomic E-state index is 0.0742. The van der Waals surface area contributed by atoms with Gasteiger partial charge in [0.1, 0.15) is 0 Å². The molecule has 0 aromatic heterocycles. The van der Waals surface area contributed by atoms with Gasteiger partial charge in [-0.2, -0.15) is 0 Å². The number of esters is 1. The van der Waals surface area contributed by atoms with E-state index in [-0.39, 0.29) is 5.97 Å². The number of hydrogen-bond acceptors (Lipinski definition) is 3. The van der Waals surface area contributed by atoms with Crippen molar-refractivity contribution in [1.29, 1.82) is 0 Å². The lowest BCUT2D eigenvalue weighted by Crippen LogP contribution is -2.19. The van der Waals surface area contributed by atoms with E-state index in [2.05, 4.69) is 43.4 Å². The van der Waals surface area contributed by atoms with Gasteiger partial charge in [0, 0.05) is 12.5 Å². The van der Waals surface area contributed by atoms with Crippen LogP contribution in [0.5, 0.6) is 0 Å². The SMILES string of the molecule is CCOC(=O)CCCCCNC(C)c1ccc(CC)cc1. The molecule has 1 aromatic rings. The number of nitrogens with one attached hydrogen (secondary N) is 1. The fraction of sp³-hybridized carbons (Fsp3) is 0.611. The largest absolute Gasteiger partial charge is 0.466 e. The highest BCUT2D eigenvalue weighted by Gasteiger charge is 2.04. The third-order valence-corrected chi connectivity index (χ3v) is 3.70. The average Bonchev–Trinajstić information content (AvgIpc) is 2.51. The summed E-state index contributed by atoms with van der Waals surface area (Å²) in [7, 11) is 0. The van der Waals surface area contributed by atoms with Crippen molar-refractivity contribution in [1.82, 2.24) is 5.32 Å². The number of rotatable bonds is 10. The van der Waals surface area contributed by atoms with Crippen LogP contribution < -0.4 is 5.32 Å². The van der Waals surface area contributed by atoms with Gasteiger partial charge in [-0.15, -0.1) is 0 Å². The van der Waals surface area contributed by atoms with E-state index in [0.717, 1.165) is 32.2 Å². The Kier molecular flexibility index (Phi) is 8.76. The van der Waals surface area contributed by atoms with Gasteiger partial charge in [-0.1, -0.05) is 37.6 Å². The molecule has 0 bridgehead atoms. The Balaban J connectivity index is 2.12. The molecule has 0 radical (unpaired) electrons. The van der Waals surface area contributed by atoms with Gasteiger partial charge < -0.3 is 10.1 Å². The Morgan fingerprint density at radius 1 is 1.14 bits per heavy atom. The van der Waals surface area contributed by atoms with Crippen LogP contribution in [0.2, 0.25) is 0 Å². The summed E-state index contributed by atoms with van der Waals surface area (Å²) in [5.41, 5.74) is 2.71. The second kappa shape index (κ2) is 10.4. The first kappa shape index (κ1) is 17.7. The zero-order valence-corrected chi connectivity index (χ0v) is 13.7. The van der Waals surface area contributed by atoms with Gasteiger partial charge in [0.2, 0.25) is 0 Å². The highest BCUT2D eigenvalue weighted by Crippen LogP contribution is 2.14. The van der Waals surface area contributed by atoms with Crippen LogP contribution in [0.4, 0.5) is 0 Å². The van der Waals surface area contributed by atoms with Crippen LogP contribution in [0, 0.1) is 0 Å². The number of benzene rings is 1.